The van der Waals surface area contributed by atoms with E-state index in [2.05, 4.69) is 40.7 Å². The highest BCUT2D eigenvalue weighted by molar-refractivity contribution is 7.99. The monoisotopic (exact) mass is 441 g/mol. The van der Waals surface area contributed by atoms with Crippen LogP contribution in [0.4, 0.5) is 5.69 Å². The molecule has 6 nitrogen and oxygen atoms in total. The van der Waals surface area contributed by atoms with Crippen LogP contribution in [0.3, 0.4) is 0 Å². The van der Waals surface area contributed by atoms with E-state index in [0.29, 0.717) is 18.7 Å². The number of ether oxygens (including phenoxy) is 1. The first-order valence-electron chi connectivity index (χ1n) is 10.7. The van der Waals surface area contributed by atoms with Crippen LogP contribution >= 0.6 is 11.8 Å². The standard InChI is InChI=1S/C24H31N3O3S/c1-19-4-2-6-21(14-19)17-31-18-24(29)25-16-20-5-3-7-22(15-20)26-23(28)8-9-27-10-12-30-13-11-27/h2-7,14-15H,8-13,16-18H2,1H3,(H,25,29)(H,26,28). The minimum Gasteiger partial charge on any atom is -0.379 e. The van der Waals surface area contributed by atoms with Crippen molar-refractivity contribution in [3.05, 3.63) is 65.2 Å². The molecule has 0 spiro atoms. The molecule has 0 unspecified atom stereocenters. The number of amides is 2. The van der Waals surface area contributed by atoms with Gasteiger partial charge in [-0.25, -0.2) is 0 Å². The fraction of sp³-hybridized carbons (Fsp3) is 0.417. The van der Waals surface area contributed by atoms with Gasteiger partial charge in [0.1, 0.15) is 0 Å². The predicted molar refractivity (Wildman–Crippen MR) is 126 cm³/mol. The first-order valence-corrected chi connectivity index (χ1v) is 11.8. The van der Waals surface area contributed by atoms with Crippen molar-refractivity contribution < 1.29 is 14.3 Å². The molecule has 0 saturated carbocycles. The number of carbonyl (C=O) groups excluding carboxylic acids is 2. The first-order chi connectivity index (χ1) is 15.1. The maximum absolute atomic E-state index is 12.2. The lowest BCUT2D eigenvalue weighted by Gasteiger charge is -2.26. The van der Waals surface area contributed by atoms with Crippen molar-refractivity contribution in [2.75, 3.05) is 43.9 Å². The summed E-state index contributed by atoms with van der Waals surface area (Å²) in [5.41, 5.74) is 4.18. The van der Waals surface area contributed by atoms with E-state index in [4.69, 9.17) is 4.74 Å². The molecule has 3 rings (SSSR count). The largest absolute Gasteiger partial charge is 0.379 e. The van der Waals surface area contributed by atoms with Gasteiger partial charge in [0.2, 0.25) is 11.8 Å². The van der Waals surface area contributed by atoms with Crippen molar-refractivity contribution in [2.24, 2.45) is 0 Å². The number of thioether (sulfide) groups is 1. The molecule has 1 heterocycles. The van der Waals surface area contributed by atoms with Gasteiger partial charge >= 0.3 is 0 Å². The Morgan fingerprint density at radius 2 is 1.81 bits per heavy atom. The van der Waals surface area contributed by atoms with Crippen LogP contribution in [0.2, 0.25) is 0 Å². The van der Waals surface area contributed by atoms with Gasteiger partial charge in [0, 0.05) is 44.0 Å². The maximum atomic E-state index is 12.2. The summed E-state index contributed by atoms with van der Waals surface area (Å²) in [5.74, 6) is 1.25. The number of morpholine rings is 1. The van der Waals surface area contributed by atoms with Gasteiger partial charge in [0.25, 0.3) is 0 Å². The number of hydrogen-bond donors (Lipinski definition) is 2. The highest BCUT2D eigenvalue weighted by atomic mass is 32.2. The topological polar surface area (TPSA) is 70.7 Å². The summed E-state index contributed by atoms with van der Waals surface area (Å²) in [5, 5.41) is 5.91. The molecule has 1 aliphatic rings. The molecule has 1 aliphatic heterocycles. The normalized spacial score (nSPS) is 14.2. The summed E-state index contributed by atoms with van der Waals surface area (Å²) in [6.45, 7) is 6.49. The zero-order valence-corrected chi connectivity index (χ0v) is 18.9. The molecule has 0 aliphatic carbocycles. The summed E-state index contributed by atoms with van der Waals surface area (Å²) in [4.78, 5) is 26.6. The predicted octanol–water partition coefficient (Wildman–Crippen LogP) is 3.21. The van der Waals surface area contributed by atoms with E-state index in [9.17, 15) is 9.59 Å². The Balaban J connectivity index is 1.36. The summed E-state index contributed by atoms with van der Waals surface area (Å²) in [6.07, 6.45) is 0.457. The number of nitrogens with one attached hydrogen (secondary N) is 2. The molecule has 2 N–H and O–H groups in total. The van der Waals surface area contributed by atoms with E-state index < -0.39 is 0 Å². The van der Waals surface area contributed by atoms with Crippen molar-refractivity contribution in [1.82, 2.24) is 10.2 Å². The van der Waals surface area contributed by atoms with Crippen LogP contribution < -0.4 is 10.6 Å². The third kappa shape index (κ3) is 8.73. The van der Waals surface area contributed by atoms with E-state index in [0.717, 1.165) is 49.9 Å². The molecular formula is C24H31N3O3S. The van der Waals surface area contributed by atoms with E-state index in [1.165, 1.54) is 11.1 Å². The van der Waals surface area contributed by atoms with Crippen molar-refractivity contribution in [2.45, 2.75) is 25.6 Å². The summed E-state index contributed by atoms with van der Waals surface area (Å²) in [7, 11) is 0. The Bertz CT molecular complexity index is 869. The lowest BCUT2D eigenvalue weighted by Crippen LogP contribution is -2.38. The van der Waals surface area contributed by atoms with Gasteiger partial charge in [0.05, 0.1) is 19.0 Å². The zero-order chi connectivity index (χ0) is 21.9. The van der Waals surface area contributed by atoms with E-state index >= 15 is 0 Å². The Kier molecular flexibility index (Phi) is 9.39. The highest BCUT2D eigenvalue weighted by Gasteiger charge is 2.12. The van der Waals surface area contributed by atoms with Crippen LogP contribution in [-0.2, 0) is 26.6 Å². The second-order valence-corrected chi connectivity index (χ2v) is 8.70. The van der Waals surface area contributed by atoms with Gasteiger partial charge in [-0.2, -0.15) is 0 Å². The summed E-state index contributed by atoms with van der Waals surface area (Å²) < 4.78 is 5.33. The van der Waals surface area contributed by atoms with Crippen molar-refractivity contribution in [1.29, 1.82) is 0 Å². The molecule has 1 fully saturated rings. The SMILES string of the molecule is Cc1cccc(CSCC(=O)NCc2cccc(NC(=O)CCN3CCOCC3)c2)c1. The third-order valence-corrected chi connectivity index (χ3v) is 6.05. The maximum Gasteiger partial charge on any atom is 0.230 e. The Morgan fingerprint density at radius 3 is 2.61 bits per heavy atom. The minimum absolute atomic E-state index is 0.000209. The van der Waals surface area contributed by atoms with Crippen LogP contribution in [0.1, 0.15) is 23.1 Å². The molecule has 0 bridgehead atoms. The summed E-state index contributed by atoms with van der Waals surface area (Å²) >= 11 is 1.61. The van der Waals surface area contributed by atoms with Gasteiger partial charge in [-0.05, 0) is 30.2 Å². The fourth-order valence-electron chi connectivity index (χ4n) is 3.38. The van der Waals surface area contributed by atoms with E-state index in [1.807, 2.05) is 30.3 Å². The molecule has 0 aromatic heterocycles. The number of anilines is 1. The van der Waals surface area contributed by atoms with Gasteiger partial charge in [-0.3, -0.25) is 14.5 Å². The molecule has 31 heavy (non-hydrogen) atoms. The van der Waals surface area contributed by atoms with Gasteiger partial charge in [-0.1, -0.05) is 42.0 Å². The zero-order valence-electron chi connectivity index (χ0n) is 18.1. The van der Waals surface area contributed by atoms with Crippen LogP contribution in [0.15, 0.2) is 48.5 Å². The second-order valence-electron chi connectivity index (χ2n) is 7.71. The Morgan fingerprint density at radius 1 is 1.03 bits per heavy atom. The summed E-state index contributed by atoms with van der Waals surface area (Å²) in [6, 6.07) is 16.0. The molecule has 0 radical (unpaired) electrons. The molecule has 0 atom stereocenters. The number of nitrogens with zero attached hydrogens (tertiary/aromatic N) is 1. The van der Waals surface area contributed by atoms with Gasteiger partial charge in [-0.15, -0.1) is 11.8 Å². The van der Waals surface area contributed by atoms with Crippen molar-refractivity contribution in [3.8, 4) is 0 Å². The Hall–Kier alpha value is -2.35. The molecule has 2 aromatic rings. The average Bonchev–Trinajstić information content (AvgIpc) is 2.77. The quantitative estimate of drug-likeness (QED) is 0.593. The first kappa shape index (κ1) is 23.3. The lowest BCUT2D eigenvalue weighted by atomic mass is 10.2. The van der Waals surface area contributed by atoms with Crippen molar-refractivity contribution in [3.63, 3.8) is 0 Å². The van der Waals surface area contributed by atoms with Crippen LogP contribution in [0, 0.1) is 6.92 Å². The third-order valence-electron chi connectivity index (χ3n) is 5.04. The molecule has 166 valence electrons. The minimum atomic E-state index is 0.000209. The smallest absolute Gasteiger partial charge is 0.230 e. The number of aryl methyl sites for hydroxylation is 1. The van der Waals surface area contributed by atoms with Gasteiger partial charge in [0.15, 0.2) is 0 Å². The second kappa shape index (κ2) is 12.5. The molecule has 2 amide bonds. The number of hydrogen-bond acceptors (Lipinski definition) is 5. The van der Waals surface area contributed by atoms with E-state index in [-0.39, 0.29) is 11.8 Å². The molecule has 2 aromatic carbocycles. The molecular weight excluding hydrogens is 410 g/mol. The highest BCUT2D eigenvalue weighted by Crippen LogP contribution is 2.14. The van der Waals surface area contributed by atoms with Crippen LogP contribution in [0.25, 0.3) is 0 Å². The van der Waals surface area contributed by atoms with Crippen molar-refractivity contribution >= 4 is 29.3 Å². The lowest BCUT2D eigenvalue weighted by molar-refractivity contribution is -0.119. The number of benzene rings is 2. The number of rotatable bonds is 10. The average molecular weight is 442 g/mol. The molecule has 7 heteroatoms. The Labute approximate surface area is 188 Å². The van der Waals surface area contributed by atoms with Crippen LogP contribution in [0.5, 0.6) is 0 Å². The van der Waals surface area contributed by atoms with Gasteiger partial charge < -0.3 is 15.4 Å². The van der Waals surface area contributed by atoms with Crippen LogP contribution in [-0.4, -0.2) is 55.3 Å². The number of carbonyl (C=O) groups is 2. The molecule has 1 saturated heterocycles. The van der Waals surface area contributed by atoms with E-state index in [1.54, 1.807) is 11.8 Å². The fourth-order valence-corrected chi connectivity index (χ4v) is 4.19.